The Balaban J connectivity index is 2.44. The normalized spacial score (nSPS) is 26.1. The van der Waals surface area contributed by atoms with Gasteiger partial charge in [-0.1, -0.05) is 26.2 Å². The maximum atomic E-state index is 14.7. The van der Waals surface area contributed by atoms with E-state index in [2.05, 4.69) is 22.3 Å². The molecule has 1 fully saturated rings. The van der Waals surface area contributed by atoms with Crippen LogP contribution in [0.25, 0.3) is 0 Å². The Hall–Kier alpha value is -2.54. The predicted octanol–water partition coefficient (Wildman–Crippen LogP) is -2.47. The molecule has 0 saturated carbocycles. The highest BCUT2D eigenvalue weighted by Crippen LogP contribution is 2.40. The molecule has 0 aliphatic carbocycles. The van der Waals surface area contributed by atoms with E-state index in [1.807, 2.05) is 5.32 Å². The number of unbranched alkanes of at least 4 members (excludes halogenated alkanes) is 4. The van der Waals surface area contributed by atoms with Gasteiger partial charge >= 0.3 is 11.9 Å². The lowest BCUT2D eigenvalue weighted by Crippen LogP contribution is -2.73. The van der Waals surface area contributed by atoms with Crippen molar-refractivity contribution in [3.8, 4) is 0 Å². The van der Waals surface area contributed by atoms with Crippen LogP contribution < -0.4 is 21.7 Å². The monoisotopic (exact) mass is 628 g/mol. The average molecular weight is 629 g/mol. The molecule has 8 atom stereocenters. The van der Waals surface area contributed by atoms with Crippen LogP contribution in [0.5, 0.6) is 0 Å². The zero-order valence-corrected chi connectivity index (χ0v) is 24.6. The van der Waals surface area contributed by atoms with Crippen LogP contribution in [0.2, 0.25) is 0 Å². The molecule has 15 nitrogen and oxygen atoms in total. The third kappa shape index (κ3) is 10.5. The SMILES string of the molecule is CCCCCCOC(=O)[C@H](C)NC(=O)[C@H](C)NC(=O)[C@@H](N)CCCCNC(=O)C(F)(F)[C@]1(O)O[C@H](CO)[C@H](O)[C@H](O)[C@H]1O. The van der Waals surface area contributed by atoms with Gasteiger partial charge in [0.05, 0.1) is 19.3 Å². The largest absolute Gasteiger partial charge is 0.464 e. The van der Waals surface area contributed by atoms with Gasteiger partial charge in [0.2, 0.25) is 11.8 Å². The van der Waals surface area contributed by atoms with Crippen LogP contribution >= 0.6 is 0 Å². The third-order valence-electron chi connectivity index (χ3n) is 6.97. The second kappa shape index (κ2) is 17.7. The van der Waals surface area contributed by atoms with Gasteiger partial charge in [-0.15, -0.1) is 0 Å². The molecule has 0 spiro atoms. The van der Waals surface area contributed by atoms with Crippen molar-refractivity contribution >= 4 is 23.7 Å². The van der Waals surface area contributed by atoms with Gasteiger partial charge in [0, 0.05) is 6.54 Å². The van der Waals surface area contributed by atoms with Crippen LogP contribution in [0.3, 0.4) is 0 Å². The van der Waals surface area contributed by atoms with Crippen molar-refractivity contribution in [1.29, 1.82) is 0 Å². The average Bonchev–Trinajstić information content (AvgIpc) is 2.96. The molecule has 0 aromatic rings. The van der Waals surface area contributed by atoms with Crippen LogP contribution in [0, 0.1) is 0 Å². The number of carbonyl (C=O) groups is 4. The zero-order valence-electron chi connectivity index (χ0n) is 24.6. The lowest BCUT2D eigenvalue weighted by molar-refractivity contribution is -0.401. The van der Waals surface area contributed by atoms with Gasteiger partial charge in [-0.2, -0.15) is 8.78 Å². The van der Waals surface area contributed by atoms with E-state index < -0.39 is 84.5 Å². The summed E-state index contributed by atoms with van der Waals surface area (Å²) in [4.78, 5) is 48.8. The molecule has 0 aromatic carbocycles. The van der Waals surface area contributed by atoms with Gasteiger partial charge in [-0.3, -0.25) is 14.4 Å². The van der Waals surface area contributed by atoms with E-state index in [1.165, 1.54) is 13.8 Å². The Kier molecular flexibility index (Phi) is 15.8. The number of nitrogens with two attached hydrogens (primary N) is 1. The van der Waals surface area contributed by atoms with E-state index >= 15 is 0 Å². The summed E-state index contributed by atoms with van der Waals surface area (Å²) in [6.45, 7) is 3.67. The van der Waals surface area contributed by atoms with Gasteiger partial charge in [-0.25, -0.2) is 4.79 Å². The summed E-state index contributed by atoms with van der Waals surface area (Å²) in [7, 11) is 0. The highest BCUT2D eigenvalue weighted by molar-refractivity contribution is 5.91. The fourth-order valence-electron chi connectivity index (χ4n) is 4.12. The summed E-state index contributed by atoms with van der Waals surface area (Å²) in [6, 6.07) is -3.06. The molecule has 1 aliphatic rings. The van der Waals surface area contributed by atoms with Gasteiger partial charge in [0.25, 0.3) is 11.7 Å². The molecule has 1 saturated heterocycles. The topological polar surface area (TPSA) is 250 Å². The maximum absolute atomic E-state index is 14.7. The zero-order chi connectivity index (χ0) is 33.0. The van der Waals surface area contributed by atoms with E-state index in [1.54, 1.807) is 0 Å². The fraction of sp³-hybridized carbons (Fsp3) is 0.846. The molecule has 43 heavy (non-hydrogen) atoms. The van der Waals surface area contributed by atoms with Crippen LogP contribution in [0.15, 0.2) is 0 Å². The van der Waals surface area contributed by atoms with Crippen molar-refractivity contribution in [2.75, 3.05) is 19.8 Å². The Bertz CT molecular complexity index is 930. The Morgan fingerprint density at radius 3 is 2.21 bits per heavy atom. The lowest BCUT2D eigenvalue weighted by atomic mass is 9.88. The molecule has 1 heterocycles. The maximum Gasteiger partial charge on any atom is 0.379 e. The number of carbonyl (C=O) groups excluding carboxylic acids is 4. The van der Waals surface area contributed by atoms with Gasteiger partial charge in [-0.05, 0) is 39.5 Å². The highest BCUT2D eigenvalue weighted by atomic mass is 19.3. The second-order valence-electron chi connectivity index (χ2n) is 10.6. The molecule has 250 valence electrons. The summed E-state index contributed by atoms with van der Waals surface area (Å²) in [6.07, 6.45) is -5.07. The van der Waals surface area contributed by atoms with Gasteiger partial charge < -0.3 is 56.7 Å². The Morgan fingerprint density at radius 1 is 0.977 bits per heavy atom. The molecule has 1 rings (SSSR count). The van der Waals surface area contributed by atoms with Crippen LogP contribution in [0.4, 0.5) is 8.78 Å². The first-order chi connectivity index (χ1) is 20.0. The summed E-state index contributed by atoms with van der Waals surface area (Å²) in [5.74, 6) is -12.7. The van der Waals surface area contributed by atoms with E-state index in [-0.39, 0.29) is 32.4 Å². The Morgan fingerprint density at radius 2 is 1.60 bits per heavy atom. The molecule has 0 radical (unpaired) electrons. The molecule has 0 aromatic heterocycles. The minimum absolute atomic E-state index is 0.0429. The van der Waals surface area contributed by atoms with Crippen LogP contribution in [0.1, 0.15) is 65.7 Å². The number of aliphatic hydroxyl groups is 5. The van der Waals surface area contributed by atoms with Gasteiger partial charge in [0.1, 0.15) is 36.5 Å². The number of hydrogen-bond donors (Lipinski definition) is 9. The number of rotatable bonds is 18. The number of alkyl halides is 2. The first-order valence-corrected chi connectivity index (χ1v) is 14.3. The smallest absolute Gasteiger partial charge is 0.379 e. The number of hydrogen-bond acceptors (Lipinski definition) is 12. The molecule has 1 aliphatic heterocycles. The molecule has 10 N–H and O–H groups in total. The quantitative estimate of drug-likeness (QED) is 0.0566. The molecule has 0 bridgehead atoms. The van der Waals surface area contributed by atoms with E-state index in [0.29, 0.717) is 6.42 Å². The minimum Gasteiger partial charge on any atom is -0.464 e. The van der Waals surface area contributed by atoms with Crippen molar-refractivity contribution in [1.82, 2.24) is 16.0 Å². The molecular formula is C26H46F2N4O11. The summed E-state index contributed by atoms with van der Waals surface area (Å²) in [5.41, 5.74) is 5.83. The number of esters is 1. The lowest BCUT2D eigenvalue weighted by Gasteiger charge is -2.47. The highest BCUT2D eigenvalue weighted by Gasteiger charge is 2.69. The standard InChI is InChI=1S/C26H46F2N4O11/c1-4-5-6-9-12-42-23(39)15(3)32-21(37)14(2)31-22(38)16(29)10-7-8-11-30-24(40)25(27,28)26(41)20(36)19(35)18(34)17(13-33)43-26/h14-20,33-36,41H,4-13,29H2,1-3H3,(H,30,40)(H,31,38)(H,32,37)/t14-,15-,16-,17+,18-,19-,20+,26+/m0/s1. The van der Waals surface area contributed by atoms with Crippen LogP contribution in [-0.4, -0.2) is 123 Å². The van der Waals surface area contributed by atoms with Crippen molar-refractivity contribution in [2.45, 2.75) is 120 Å². The fourth-order valence-corrected chi connectivity index (χ4v) is 4.12. The summed E-state index contributed by atoms with van der Waals surface area (Å²) < 4.78 is 39.1. The molecule has 17 heteroatoms. The number of nitrogens with one attached hydrogen (secondary N) is 3. The van der Waals surface area contributed by atoms with Gasteiger partial charge in [0.15, 0.2) is 0 Å². The van der Waals surface area contributed by atoms with Crippen molar-refractivity contribution in [2.24, 2.45) is 5.73 Å². The van der Waals surface area contributed by atoms with E-state index in [9.17, 15) is 48.4 Å². The summed E-state index contributed by atoms with van der Waals surface area (Å²) >= 11 is 0. The van der Waals surface area contributed by atoms with Crippen molar-refractivity contribution < 1.29 is 63.0 Å². The molecular weight excluding hydrogens is 582 g/mol. The first-order valence-electron chi connectivity index (χ1n) is 14.3. The van der Waals surface area contributed by atoms with Crippen molar-refractivity contribution in [3.63, 3.8) is 0 Å². The summed E-state index contributed by atoms with van der Waals surface area (Å²) in [5, 5.41) is 55.4. The number of ether oxygens (including phenoxy) is 2. The second-order valence-corrected chi connectivity index (χ2v) is 10.6. The number of halogens is 2. The minimum atomic E-state index is -4.81. The van der Waals surface area contributed by atoms with Crippen LogP contribution in [-0.2, 0) is 28.7 Å². The first kappa shape index (κ1) is 38.5. The number of amides is 3. The molecule has 3 amide bonds. The molecule has 0 unspecified atom stereocenters. The third-order valence-corrected chi connectivity index (χ3v) is 6.97. The van der Waals surface area contributed by atoms with Crippen molar-refractivity contribution in [3.05, 3.63) is 0 Å². The van der Waals surface area contributed by atoms with E-state index in [0.717, 1.165) is 19.3 Å². The number of aliphatic hydroxyl groups excluding tert-OH is 4. The predicted molar refractivity (Wildman–Crippen MR) is 145 cm³/mol. The Labute approximate surface area is 248 Å². The van der Waals surface area contributed by atoms with E-state index in [4.69, 9.17) is 15.6 Å².